The highest BCUT2D eigenvalue weighted by Crippen LogP contribution is 2.25. The third kappa shape index (κ3) is 3.40. The van der Waals surface area contributed by atoms with Gasteiger partial charge in [-0.05, 0) is 36.8 Å². The van der Waals surface area contributed by atoms with Crippen LogP contribution in [0.2, 0.25) is 0 Å². The lowest BCUT2D eigenvalue weighted by atomic mass is 9.87. The van der Waals surface area contributed by atoms with Gasteiger partial charge in [-0.1, -0.05) is 37.6 Å². The zero-order chi connectivity index (χ0) is 17.9. The summed E-state index contributed by atoms with van der Waals surface area (Å²) in [6.45, 7) is 5.69. The molecule has 1 aliphatic heterocycles. The Hall–Kier alpha value is -2.14. The molecule has 1 amide bonds. The van der Waals surface area contributed by atoms with Gasteiger partial charge < -0.3 is 4.90 Å². The largest absolute Gasteiger partial charge is 0.336 e. The lowest BCUT2D eigenvalue weighted by molar-refractivity contribution is 0.0552. The molecule has 4 rings (SSSR count). The van der Waals surface area contributed by atoms with E-state index in [0.717, 1.165) is 56.7 Å². The van der Waals surface area contributed by atoms with E-state index >= 15 is 0 Å². The molecule has 0 bridgehead atoms. The normalized spacial score (nSPS) is 20.8. The van der Waals surface area contributed by atoms with Crippen molar-refractivity contribution >= 4 is 5.91 Å². The van der Waals surface area contributed by atoms with Crippen LogP contribution in [-0.4, -0.2) is 58.1 Å². The van der Waals surface area contributed by atoms with E-state index in [1.165, 1.54) is 24.0 Å². The molecule has 2 aliphatic rings. The van der Waals surface area contributed by atoms with Crippen LogP contribution in [0, 0.1) is 0 Å². The Kier molecular flexibility index (Phi) is 5.07. The molecule has 0 radical (unpaired) electrons. The molecule has 1 atom stereocenters. The topological polar surface area (TPSA) is 52.2 Å². The monoisotopic (exact) mass is 352 g/mol. The first-order valence-corrected chi connectivity index (χ1v) is 9.88. The average molecular weight is 352 g/mol. The van der Waals surface area contributed by atoms with E-state index < -0.39 is 0 Å². The van der Waals surface area contributed by atoms with Crippen molar-refractivity contribution in [1.29, 1.82) is 0 Å². The fourth-order valence-electron chi connectivity index (χ4n) is 4.39. The van der Waals surface area contributed by atoms with Crippen LogP contribution in [0.5, 0.6) is 0 Å². The van der Waals surface area contributed by atoms with Crippen molar-refractivity contribution in [2.75, 3.05) is 26.2 Å². The van der Waals surface area contributed by atoms with Gasteiger partial charge in [0.2, 0.25) is 0 Å². The first-order chi connectivity index (χ1) is 12.8. The number of aryl methyl sites for hydroxylation is 2. The van der Waals surface area contributed by atoms with E-state index in [-0.39, 0.29) is 5.91 Å². The van der Waals surface area contributed by atoms with Crippen molar-refractivity contribution in [3.8, 4) is 0 Å². The highest BCUT2D eigenvalue weighted by Gasteiger charge is 2.29. The third-order valence-corrected chi connectivity index (χ3v) is 5.89. The number of hydrogen-bond donors (Lipinski definition) is 1. The molecule has 1 N–H and O–H groups in total. The van der Waals surface area contributed by atoms with Gasteiger partial charge >= 0.3 is 0 Å². The van der Waals surface area contributed by atoms with Crippen molar-refractivity contribution in [3.05, 3.63) is 52.8 Å². The second-order valence-electron chi connectivity index (χ2n) is 7.51. The number of benzene rings is 1. The minimum absolute atomic E-state index is 0.135. The lowest BCUT2D eigenvalue weighted by Crippen LogP contribution is -2.53. The maximum absolute atomic E-state index is 12.9. The van der Waals surface area contributed by atoms with E-state index in [1.807, 2.05) is 4.90 Å². The van der Waals surface area contributed by atoms with Crippen LogP contribution < -0.4 is 0 Å². The first-order valence-electron chi connectivity index (χ1n) is 9.88. The van der Waals surface area contributed by atoms with E-state index in [0.29, 0.717) is 6.04 Å². The Morgan fingerprint density at radius 1 is 1.19 bits per heavy atom. The molecule has 1 aliphatic carbocycles. The number of carbonyl (C=O) groups is 1. The second kappa shape index (κ2) is 7.62. The minimum atomic E-state index is 0.135. The Bertz CT molecular complexity index is 761. The van der Waals surface area contributed by atoms with Crippen LogP contribution in [0.1, 0.15) is 46.9 Å². The molecule has 0 saturated carbocycles. The standard InChI is InChI=1S/C21H28N4O/c1-2-5-20-19(15-22-23-20)21(26)25-12-10-24(11-13-25)18-9-8-16-6-3-4-7-17(16)14-18/h3-4,6-7,15,18H,2,5,8-14H2,1H3,(H,22,23)/t18-/m0/s1. The van der Waals surface area contributed by atoms with Crippen LogP contribution >= 0.6 is 0 Å². The van der Waals surface area contributed by atoms with Gasteiger partial charge in [0.1, 0.15) is 0 Å². The second-order valence-corrected chi connectivity index (χ2v) is 7.51. The van der Waals surface area contributed by atoms with Crippen molar-refractivity contribution < 1.29 is 4.79 Å². The summed E-state index contributed by atoms with van der Waals surface area (Å²) in [5.41, 5.74) is 4.75. The zero-order valence-electron chi connectivity index (χ0n) is 15.6. The molecule has 2 heterocycles. The Balaban J connectivity index is 1.36. The molecule has 5 heteroatoms. The number of hydrogen-bond acceptors (Lipinski definition) is 3. The van der Waals surface area contributed by atoms with E-state index in [4.69, 9.17) is 0 Å². The zero-order valence-corrected chi connectivity index (χ0v) is 15.6. The van der Waals surface area contributed by atoms with Gasteiger partial charge in [0.05, 0.1) is 11.8 Å². The molecule has 1 aromatic carbocycles. The summed E-state index contributed by atoms with van der Waals surface area (Å²) in [4.78, 5) is 17.4. The molecule has 1 aromatic heterocycles. The number of fused-ring (bicyclic) bond motifs is 1. The van der Waals surface area contributed by atoms with Crippen molar-refractivity contribution in [2.45, 2.75) is 45.1 Å². The first kappa shape index (κ1) is 17.3. The van der Waals surface area contributed by atoms with Crippen LogP contribution in [0.15, 0.2) is 30.5 Å². The number of nitrogens with one attached hydrogen (secondary N) is 1. The molecule has 5 nitrogen and oxygen atoms in total. The summed E-state index contributed by atoms with van der Waals surface area (Å²) in [5, 5.41) is 7.07. The fourth-order valence-corrected chi connectivity index (χ4v) is 4.39. The predicted octanol–water partition coefficient (Wildman–Crippen LogP) is 2.68. The number of nitrogens with zero attached hydrogens (tertiary/aromatic N) is 3. The summed E-state index contributed by atoms with van der Waals surface area (Å²) in [7, 11) is 0. The smallest absolute Gasteiger partial charge is 0.257 e. The number of aromatic amines is 1. The van der Waals surface area contributed by atoms with E-state index in [2.05, 4.69) is 46.3 Å². The summed E-state index contributed by atoms with van der Waals surface area (Å²) < 4.78 is 0. The molecule has 138 valence electrons. The van der Waals surface area contributed by atoms with Gasteiger partial charge in [0.25, 0.3) is 5.91 Å². The summed E-state index contributed by atoms with van der Waals surface area (Å²) in [5.74, 6) is 0.135. The summed E-state index contributed by atoms with van der Waals surface area (Å²) in [6, 6.07) is 9.45. The van der Waals surface area contributed by atoms with Gasteiger partial charge in [-0.15, -0.1) is 0 Å². The number of amides is 1. The maximum Gasteiger partial charge on any atom is 0.257 e. The van der Waals surface area contributed by atoms with Gasteiger partial charge in [-0.25, -0.2) is 0 Å². The van der Waals surface area contributed by atoms with E-state index in [9.17, 15) is 4.79 Å². The van der Waals surface area contributed by atoms with Crippen LogP contribution in [0.25, 0.3) is 0 Å². The van der Waals surface area contributed by atoms with Gasteiger partial charge in [0, 0.05) is 37.9 Å². The average Bonchev–Trinajstić information content (AvgIpc) is 3.16. The van der Waals surface area contributed by atoms with Gasteiger partial charge in [-0.2, -0.15) is 5.10 Å². The quantitative estimate of drug-likeness (QED) is 0.920. The molecular formula is C21H28N4O. The van der Waals surface area contributed by atoms with E-state index in [1.54, 1.807) is 6.20 Å². The number of aromatic nitrogens is 2. The number of H-pyrrole nitrogens is 1. The SMILES string of the molecule is CCCc1[nH]ncc1C(=O)N1CCN([C@H]2CCc3ccccc3C2)CC1. The summed E-state index contributed by atoms with van der Waals surface area (Å²) in [6.07, 6.45) is 7.13. The van der Waals surface area contributed by atoms with Gasteiger partial charge in [-0.3, -0.25) is 14.8 Å². The maximum atomic E-state index is 12.9. The van der Waals surface area contributed by atoms with Crippen molar-refractivity contribution in [3.63, 3.8) is 0 Å². The molecule has 0 unspecified atom stereocenters. The summed E-state index contributed by atoms with van der Waals surface area (Å²) >= 11 is 0. The third-order valence-electron chi connectivity index (χ3n) is 5.89. The predicted molar refractivity (Wildman–Crippen MR) is 102 cm³/mol. The molecular weight excluding hydrogens is 324 g/mol. The van der Waals surface area contributed by atoms with Gasteiger partial charge in [0.15, 0.2) is 0 Å². The van der Waals surface area contributed by atoms with Crippen molar-refractivity contribution in [2.24, 2.45) is 0 Å². The Morgan fingerprint density at radius 2 is 1.96 bits per heavy atom. The van der Waals surface area contributed by atoms with Crippen LogP contribution in [0.4, 0.5) is 0 Å². The number of carbonyl (C=O) groups excluding carboxylic acids is 1. The fraction of sp³-hybridized carbons (Fsp3) is 0.524. The highest BCUT2D eigenvalue weighted by molar-refractivity contribution is 5.95. The molecule has 1 fully saturated rings. The molecule has 26 heavy (non-hydrogen) atoms. The molecule has 2 aromatic rings. The van der Waals surface area contributed by atoms with Crippen molar-refractivity contribution in [1.82, 2.24) is 20.0 Å². The van der Waals surface area contributed by atoms with Crippen LogP contribution in [-0.2, 0) is 19.3 Å². The highest BCUT2D eigenvalue weighted by atomic mass is 16.2. The molecule has 0 spiro atoms. The van der Waals surface area contributed by atoms with Crippen LogP contribution in [0.3, 0.4) is 0 Å². The Labute approximate surface area is 155 Å². The molecule has 1 saturated heterocycles. The number of piperazine rings is 1. The minimum Gasteiger partial charge on any atom is -0.336 e. The lowest BCUT2D eigenvalue weighted by Gasteiger charge is -2.41. The number of rotatable bonds is 4. The Morgan fingerprint density at radius 3 is 2.73 bits per heavy atom.